The molecule has 0 fully saturated rings. The minimum Gasteiger partial charge on any atom is -0.505 e. The Hall–Kier alpha value is -2.07. The maximum atomic E-state index is 13.7. The summed E-state index contributed by atoms with van der Waals surface area (Å²) in [5.41, 5.74) is 3.31. The van der Waals surface area contributed by atoms with Gasteiger partial charge in [0, 0.05) is 12.5 Å². The highest BCUT2D eigenvalue weighted by molar-refractivity contribution is 5.44. The molecule has 0 aliphatic carbocycles. The van der Waals surface area contributed by atoms with Crippen LogP contribution in [-0.4, -0.2) is 30.7 Å². The predicted molar refractivity (Wildman–Crippen MR) is 83.9 cm³/mol. The highest BCUT2D eigenvalue weighted by Crippen LogP contribution is 2.36. The Morgan fingerprint density at radius 3 is 2.77 bits per heavy atom. The van der Waals surface area contributed by atoms with Crippen LogP contribution < -0.4 is 4.74 Å². The minimum atomic E-state index is -0.565. The largest absolute Gasteiger partial charge is 0.505 e. The first-order chi connectivity index (χ1) is 10.6. The summed E-state index contributed by atoms with van der Waals surface area (Å²) in [5.74, 6) is 0.0975. The number of fused-ring (bicyclic) bond motifs is 1. The SMILES string of the molecule is COc1ccc2c(c1)CN(C)CCC2c1ccc(O)c(F)c1. The summed E-state index contributed by atoms with van der Waals surface area (Å²) in [7, 11) is 3.75. The van der Waals surface area contributed by atoms with Crippen LogP contribution in [0.4, 0.5) is 4.39 Å². The number of rotatable bonds is 2. The van der Waals surface area contributed by atoms with E-state index in [4.69, 9.17) is 4.74 Å². The maximum Gasteiger partial charge on any atom is 0.165 e. The van der Waals surface area contributed by atoms with E-state index in [2.05, 4.69) is 24.1 Å². The van der Waals surface area contributed by atoms with Gasteiger partial charge < -0.3 is 14.7 Å². The molecule has 1 atom stereocenters. The molecular formula is C18H20FNO2. The standard InChI is InChI=1S/C18H20FNO2/c1-20-8-7-16(12-3-6-18(21)17(19)10-12)15-5-4-14(22-2)9-13(15)11-20/h3-6,9-10,16,21H,7-8,11H2,1-2H3. The highest BCUT2D eigenvalue weighted by atomic mass is 19.1. The first-order valence-electron chi connectivity index (χ1n) is 7.42. The van der Waals surface area contributed by atoms with Crippen molar-refractivity contribution in [2.75, 3.05) is 20.7 Å². The van der Waals surface area contributed by atoms with E-state index in [0.717, 1.165) is 30.8 Å². The number of halogens is 1. The summed E-state index contributed by atoms with van der Waals surface area (Å²) in [5, 5.41) is 9.40. The third kappa shape index (κ3) is 2.79. The number of hydrogen-bond acceptors (Lipinski definition) is 3. The fraction of sp³-hybridized carbons (Fsp3) is 0.333. The topological polar surface area (TPSA) is 32.7 Å². The van der Waals surface area contributed by atoms with Crippen LogP contribution in [-0.2, 0) is 6.54 Å². The van der Waals surface area contributed by atoms with Crippen molar-refractivity contribution in [1.82, 2.24) is 4.90 Å². The lowest BCUT2D eigenvalue weighted by Gasteiger charge is -2.18. The third-order valence-electron chi connectivity index (χ3n) is 4.34. The monoisotopic (exact) mass is 301 g/mol. The molecule has 0 amide bonds. The quantitative estimate of drug-likeness (QED) is 0.921. The Bertz CT molecular complexity index is 687. The second-order valence-corrected chi connectivity index (χ2v) is 5.85. The van der Waals surface area contributed by atoms with Crippen LogP contribution in [0.5, 0.6) is 11.5 Å². The molecule has 3 rings (SSSR count). The van der Waals surface area contributed by atoms with Gasteiger partial charge >= 0.3 is 0 Å². The Kier molecular flexibility index (Phi) is 4.03. The first-order valence-corrected chi connectivity index (χ1v) is 7.42. The number of phenolic OH excluding ortho intramolecular Hbond substituents is 1. The van der Waals surface area contributed by atoms with Crippen molar-refractivity contribution in [1.29, 1.82) is 0 Å². The van der Waals surface area contributed by atoms with Gasteiger partial charge in [-0.1, -0.05) is 12.1 Å². The third-order valence-corrected chi connectivity index (χ3v) is 4.34. The molecule has 22 heavy (non-hydrogen) atoms. The van der Waals surface area contributed by atoms with Crippen LogP contribution in [0, 0.1) is 5.82 Å². The van der Waals surface area contributed by atoms with Gasteiger partial charge in [0.05, 0.1) is 7.11 Å². The predicted octanol–water partition coefficient (Wildman–Crippen LogP) is 3.51. The molecule has 0 saturated carbocycles. The Balaban J connectivity index is 2.07. The minimum absolute atomic E-state index is 0.126. The van der Waals surface area contributed by atoms with E-state index in [-0.39, 0.29) is 11.7 Å². The van der Waals surface area contributed by atoms with Gasteiger partial charge in [-0.05, 0) is 61.0 Å². The van der Waals surface area contributed by atoms with Crippen LogP contribution in [0.3, 0.4) is 0 Å². The maximum absolute atomic E-state index is 13.7. The van der Waals surface area contributed by atoms with Crippen LogP contribution in [0.2, 0.25) is 0 Å². The van der Waals surface area contributed by atoms with Crippen LogP contribution >= 0.6 is 0 Å². The molecule has 0 radical (unpaired) electrons. The number of ether oxygens (including phenoxy) is 1. The molecule has 2 aromatic rings. The average molecular weight is 301 g/mol. The number of phenols is 1. The Morgan fingerprint density at radius 1 is 1.23 bits per heavy atom. The molecule has 0 aromatic heterocycles. The van der Waals surface area contributed by atoms with Crippen LogP contribution in [0.25, 0.3) is 0 Å². The van der Waals surface area contributed by atoms with Crippen molar-refractivity contribution in [2.24, 2.45) is 0 Å². The van der Waals surface area contributed by atoms with Gasteiger partial charge in [-0.2, -0.15) is 0 Å². The number of methoxy groups -OCH3 is 1. The Labute approximate surface area is 130 Å². The summed E-state index contributed by atoms with van der Waals surface area (Å²) in [6, 6.07) is 10.8. The summed E-state index contributed by atoms with van der Waals surface area (Å²) >= 11 is 0. The van der Waals surface area contributed by atoms with E-state index in [1.54, 1.807) is 7.11 Å². The van der Waals surface area contributed by atoms with Gasteiger partial charge in [-0.25, -0.2) is 4.39 Å². The molecule has 3 nitrogen and oxygen atoms in total. The number of nitrogens with zero attached hydrogens (tertiary/aromatic N) is 1. The van der Waals surface area contributed by atoms with Gasteiger partial charge in [0.2, 0.25) is 0 Å². The van der Waals surface area contributed by atoms with Crippen molar-refractivity contribution in [2.45, 2.75) is 18.9 Å². The zero-order chi connectivity index (χ0) is 15.7. The molecule has 0 saturated heterocycles. The molecule has 1 heterocycles. The van der Waals surface area contributed by atoms with E-state index < -0.39 is 5.82 Å². The van der Waals surface area contributed by atoms with Gasteiger partial charge in [0.25, 0.3) is 0 Å². The van der Waals surface area contributed by atoms with Crippen LogP contribution in [0.1, 0.15) is 29.0 Å². The second kappa shape index (κ2) is 5.97. The van der Waals surface area contributed by atoms with Gasteiger partial charge in [0.15, 0.2) is 11.6 Å². The fourth-order valence-electron chi connectivity index (χ4n) is 3.15. The lowest BCUT2D eigenvalue weighted by atomic mass is 9.86. The molecule has 0 spiro atoms. The molecule has 0 bridgehead atoms. The van der Waals surface area contributed by atoms with E-state index in [1.165, 1.54) is 23.3 Å². The average Bonchev–Trinajstić information content (AvgIpc) is 2.67. The summed E-state index contributed by atoms with van der Waals surface area (Å²) < 4.78 is 19.0. The zero-order valence-corrected chi connectivity index (χ0v) is 12.8. The van der Waals surface area contributed by atoms with Gasteiger partial charge in [0.1, 0.15) is 5.75 Å². The van der Waals surface area contributed by atoms with Crippen molar-refractivity contribution in [3.63, 3.8) is 0 Å². The Morgan fingerprint density at radius 2 is 2.05 bits per heavy atom. The van der Waals surface area contributed by atoms with Crippen molar-refractivity contribution in [3.05, 3.63) is 58.9 Å². The van der Waals surface area contributed by atoms with E-state index >= 15 is 0 Å². The van der Waals surface area contributed by atoms with Crippen LogP contribution in [0.15, 0.2) is 36.4 Å². The number of aromatic hydroxyl groups is 1. The van der Waals surface area contributed by atoms with Crippen molar-refractivity contribution in [3.8, 4) is 11.5 Å². The smallest absolute Gasteiger partial charge is 0.165 e. The molecule has 1 N–H and O–H groups in total. The first kappa shape index (κ1) is 14.9. The molecule has 2 aromatic carbocycles. The molecular weight excluding hydrogens is 281 g/mol. The van der Waals surface area contributed by atoms with Gasteiger partial charge in [-0.15, -0.1) is 0 Å². The normalized spacial score (nSPS) is 18.6. The molecule has 116 valence electrons. The lowest BCUT2D eigenvalue weighted by molar-refractivity contribution is 0.327. The summed E-state index contributed by atoms with van der Waals surface area (Å²) in [6.45, 7) is 1.79. The summed E-state index contributed by atoms with van der Waals surface area (Å²) in [6.07, 6.45) is 0.917. The fourth-order valence-corrected chi connectivity index (χ4v) is 3.15. The van der Waals surface area contributed by atoms with Crippen molar-refractivity contribution < 1.29 is 14.2 Å². The van der Waals surface area contributed by atoms with Crippen molar-refractivity contribution >= 4 is 0 Å². The summed E-state index contributed by atoms with van der Waals surface area (Å²) in [4.78, 5) is 2.26. The van der Waals surface area contributed by atoms with E-state index in [9.17, 15) is 9.50 Å². The second-order valence-electron chi connectivity index (χ2n) is 5.85. The number of hydrogen-bond donors (Lipinski definition) is 1. The van der Waals surface area contributed by atoms with Gasteiger partial charge in [-0.3, -0.25) is 0 Å². The lowest BCUT2D eigenvalue weighted by Crippen LogP contribution is -2.17. The number of benzene rings is 2. The highest BCUT2D eigenvalue weighted by Gasteiger charge is 2.23. The zero-order valence-electron chi connectivity index (χ0n) is 12.8. The van der Waals surface area contributed by atoms with E-state index in [0.29, 0.717) is 0 Å². The molecule has 1 aliphatic heterocycles. The molecule has 1 aliphatic rings. The van der Waals surface area contributed by atoms with E-state index in [1.807, 2.05) is 12.1 Å². The molecule has 4 heteroatoms. The molecule has 1 unspecified atom stereocenters.